The van der Waals surface area contributed by atoms with Crippen LogP contribution in [-0.4, -0.2) is 35.5 Å². The van der Waals surface area contributed by atoms with Gasteiger partial charge in [0.15, 0.2) is 0 Å². The predicted octanol–water partition coefficient (Wildman–Crippen LogP) is 4.70. The Morgan fingerprint density at radius 1 is 0.920 bits per heavy atom. The number of aliphatic hydroxyl groups is 2. The first-order valence-corrected chi connectivity index (χ1v) is 9.97. The molecule has 0 aromatic rings. The highest BCUT2D eigenvalue weighted by Crippen LogP contribution is 2.08. The third kappa shape index (κ3) is 19.0. The summed E-state index contributed by atoms with van der Waals surface area (Å²) in [5.74, 6) is -0.295. The number of ether oxygens (including phenoxy) is 1. The molecule has 25 heavy (non-hydrogen) atoms. The van der Waals surface area contributed by atoms with Crippen LogP contribution in [0.25, 0.3) is 0 Å². The molecule has 0 aliphatic rings. The molecule has 0 aliphatic carbocycles. The molecule has 0 aliphatic heterocycles. The van der Waals surface area contributed by atoms with Crippen molar-refractivity contribution in [2.75, 3.05) is 13.2 Å². The molecule has 0 bridgehead atoms. The standard InChI is InChI=1S/C21H38O4/c1-2-3-4-5-6-7-8-9-10-11-12-13-14-15-16-17-21(24)25-19-20(23)18-22/h7-10,20,22-23H,2-6,11-19H2,1H3/b8-7+,10-9+/t20-/m0/s1. The summed E-state index contributed by atoms with van der Waals surface area (Å²) in [4.78, 5) is 11.4. The molecule has 4 nitrogen and oxygen atoms in total. The highest BCUT2D eigenvalue weighted by molar-refractivity contribution is 5.69. The number of unbranched alkanes of at least 4 members (excludes halogenated alkanes) is 9. The Bertz CT molecular complexity index is 350. The van der Waals surface area contributed by atoms with Crippen LogP contribution in [-0.2, 0) is 9.53 Å². The molecular weight excluding hydrogens is 316 g/mol. The van der Waals surface area contributed by atoms with Crippen LogP contribution in [0.2, 0.25) is 0 Å². The number of carbonyl (C=O) groups excluding carboxylic acids is 1. The van der Waals surface area contributed by atoms with Crippen LogP contribution >= 0.6 is 0 Å². The van der Waals surface area contributed by atoms with Crippen LogP contribution in [0, 0.1) is 0 Å². The average molecular weight is 355 g/mol. The highest BCUT2D eigenvalue weighted by Gasteiger charge is 2.07. The van der Waals surface area contributed by atoms with Crippen molar-refractivity contribution in [3.05, 3.63) is 24.3 Å². The van der Waals surface area contributed by atoms with Gasteiger partial charge in [-0.3, -0.25) is 4.79 Å². The Labute approximate surface area is 154 Å². The molecular formula is C21H38O4. The first kappa shape index (κ1) is 23.9. The van der Waals surface area contributed by atoms with E-state index in [-0.39, 0.29) is 19.2 Å². The summed E-state index contributed by atoms with van der Waals surface area (Å²) in [6.07, 6.45) is 21.1. The molecule has 0 amide bonds. The van der Waals surface area contributed by atoms with Crippen molar-refractivity contribution in [2.45, 2.75) is 90.1 Å². The number of hydrogen-bond donors (Lipinski definition) is 2. The van der Waals surface area contributed by atoms with Crippen LogP contribution in [0.15, 0.2) is 24.3 Å². The smallest absolute Gasteiger partial charge is 0.305 e. The highest BCUT2D eigenvalue weighted by atomic mass is 16.5. The van der Waals surface area contributed by atoms with Crippen molar-refractivity contribution in [1.29, 1.82) is 0 Å². The lowest BCUT2D eigenvalue weighted by atomic mass is 10.1. The molecule has 0 saturated carbocycles. The molecule has 0 heterocycles. The van der Waals surface area contributed by atoms with Gasteiger partial charge in [-0.15, -0.1) is 0 Å². The van der Waals surface area contributed by atoms with Gasteiger partial charge < -0.3 is 14.9 Å². The number of rotatable bonds is 17. The van der Waals surface area contributed by atoms with Crippen molar-refractivity contribution >= 4 is 5.97 Å². The zero-order chi connectivity index (χ0) is 18.6. The van der Waals surface area contributed by atoms with E-state index in [2.05, 4.69) is 31.2 Å². The number of allylic oxidation sites excluding steroid dienone is 4. The molecule has 0 spiro atoms. The van der Waals surface area contributed by atoms with E-state index in [1.54, 1.807) is 0 Å². The molecule has 146 valence electrons. The maximum atomic E-state index is 11.4. The van der Waals surface area contributed by atoms with Crippen molar-refractivity contribution in [2.24, 2.45) is 0 Å². The van der Waals surface area contributed by atoms with E-state index in [1.165, 1.54) is 44.9 Å². The lowest BCUT2D eigenvalue weighted by Crippen LogP contribution is -2.21. The van der Waals surface area contributed by atoms with E-state index >= 15 is 0 Å². The second kappa shape index (κ2) is 19.2. The van der Waals surface area contributed by atoms with Crippen molar-refractivity contribution < 1.29 is 19.7 Å². The molecule has 0 radical (unpaired) electrons. The summed E-state index contributed by atoms with van der Waals surface area (Å²) in [6.45, 7) is 1.74. The predicted molar refractivity (Wildman–Crippen MR) is 103 cm³/mol. The van der Waals surface area contributed by atoms with Gasteiger partial charge in [-0.1, -0.05) is 69.8 Å². The summed E-state index contributed by atoms with van der Waals surface area (Å²) in [6, 6.07) is 0. The summed E-state index contributed by atoms with van der Waals surface area (Å²) >= 11 is 0. The lowest BCUT2D eigenvalue weighted by molar-refractivity contribution is -0.147. The summed E-state index contributed by atoms with van der Waals surface area (Å²) in [5.41, 5.74) is 0. The molecule has 0 rings (SSSR count). The van der Waals surface area contributed by atoms with Gasteiger partial charge in [-0.05, 0) is 32.1 Å². The molecule has 1 atom stereocenters. The fourth-order valence-electron chi connectivity index (χ4n) is 2.41. The van der Waals surface area contributed by atoms with E-state index < -0.39 is 6.10 Å². The van der Waals surface area contributed by atoms with Gasteiger partial charge in [0.2, 0.25) is 0 Å². The van der Waals surface area contributed by atoms with Gasteiger partial charge in [-0.25, -0.2) is 0 Å². The molecule has 0 fully saturated rings. The molecule has 4 heteroatoms. The van der Waals surface area contributed by atoms with Crippen LogP contribution in [0.5, 0.6) is 0 Å². The minimum Gasteiger partial charge on any atom is -0.463 e. The van der Waals surface area contributed by atoms with Crippen LogP contribution in [0.3, 0.4) is 0 Å². The summed E-state index contributed by atoms with van der Waals surface area (Å²) in [7, 11) is 0. The van der Waals surface area contributed by atoms with Crippen molar-refractivity contribution in [1.82, 2.24) is 0 Å². The van der Waals surface area contributed by atoms with E-state index in [1.807, 2.05) is 0 Å². The Hall–Kier alpha value is -1.13. The second-order valence-electron chi connectivity index (χ2n) is 6.53. The Kier molecular flexibility index (Phi) is 18.3. The van der Waals surface area contributed by atoms with Crippen LogP contribution in [0.1, 0.15) is 84.0 Å². The maximum absolute atomic E-state index is 11.4. The molecule has 0 unspecified atom stereocenters. The largest absolute Gasteiger partial charge is 0.463 e. The number of aliphatic hydroxyl groups excluding tert-OH is 2. The van der Waals surface area contributed by atoms with Crippen LogP contribution < -0.4 is 0 Å². The average Bonchev–Trinajstić information content (AvgIpc) is 2.62. The molecule has 0 aromatic carbocycles. The Morgan fingerprint density at radius 2 is 1.48 bits per heavy atom. The second-order valence-corrected chi connectivity index (χ2v) is 6.53. The van der Waals surface area contributed by atoms with E-state index in [0.717, 1.165) is 25.7 Å². The van der Waals surface area contributed by atoms with Gasteiger partial charge in [0.25, 0.3) is 0 Å². The van der Waals surface area contributed by atoms with Gasteiger partial charge >= 0.3 is 5.97 Å². The number of hydrogen-bond acceptors (Lipinski definition) is 4. The van der Waals surface area contributed by atoms with Crippen molar-refractivity contribution in [3.63, 3.8) is 0 Å². The fourth-order valence-corrected chi connectivity index (χ4v) is 2.41. The topological polar surface area (TPSA) is 66.8 Å². The van der Waals surface area contributed by atoms with Crippen molar-refractivity contribution in [3.8, 4) is 0 Å². The lowest BCUT2D eigenvalue weighted by Gasteiger charge is -2.08. The zero-order valence-corrected chi connectivity index (χ0v) is 16.0. The Morgan fingerprint density at radius 3 is 2.08 bits per heavy atom. The first-order valence-electron chi connectivity index (χ1n) is 9.97. The normalized spacial score (nSPS) is 12.9. The maximum Gasteiger partial charge on any atom is 0.305 e. The third-order valence-corrected chi connectivity index (χ3v) is 4.01. The monoisotopic (exact) mass is 354 g/mol. The Balaban J connectivity index is 3.31. The fraction of sp³-hybridized carbons (Fsp3) is 0.762. The minimum atomic E-state index is -0.965. The third-order valence-electron chi connectivity index (χ3n) is 4.01. The molecule has 0 aromatic heterocycles. The summed E-state index contributed by atoms with van der Waals surface area (Å²) < 4.78 is 4.85. The van der Waals surface area contributed by atoms with Gasteiger partial charge in [-0.2, -0.15) is 0 Å². The first-order chi connectivity index (χ1) is 12.2. The van der Waals surface area contributed by atoms with E-state index in [4.69, 9.17) is 14.9 Å². The number of carbonyl (C=O) groups is 1. The zero-order valence-electron chi connectivity index (χ0n) is 16.0. The van der Waals surface area contributed by atoms with Gasteiger partial charge in [0, 0.05) is 6.42 Å². The SMILES string of the molecule is CCCCCC/C=C/C=C/CCCCCCCC(=O)OC[C@@H](O)CO. The number of esters is 1. The molecule has 2 N–H and O–H groups in total. The van der Waals surface area contributed by atoms with E-state index in [9.17, 15) is 4.79 Å². The van der Waals surface area contributed by atoms with Crippen LogP contribution in [0.4, 0.5) is 0 Å². The van der Waals surface area contributed by atoms with E-state index in [0.29, 0.717) is 6.42 Å². The van der Waals surface area contributed by atoms with Gasteiger partial charge in [0.05, 0.1) is 6.61 Å². The minimum absolute atomic E-state index is 0.116. The molecule has 0 saturated heterocycles. The summed E-state index contributed by atoms with van der Waals surface area (Å²) in [5, 5.41) is 17.7. The van der Waals surface area contributed by atoms with Gasteiger partial charge in [0.1, 0.15) is 12.7 Å². The quantitative estimate of drug-likeness (QED) is 0.226.